The average molecular weight is 401 g/mol. The van der Waals surface area contributed by atoms with E-state index in [1.165, 1.54) is 6.07 Å². The molecule has 0 radical (unpaired) electrons. The van der Waals surface area contributed by atoms with Crippen LogP contribution in [0.15, 0.2) is 78.9 Å². The first-order valence-corrected chi connectivity index (χ1v) is 9.67. The van der Waals surface area contributed by atoms with Gasteiger partial charge in [-0.2, -0.15) is 0 Å². The molecule has 0 heterocycles. The second-order valence-electron chi connectivity index (χ2n) is 7.02. The molecule has 0 unspecified atom stereocenters. The number of aryl methyl sites for hydroxylation is 1. The second kappa shape index (κ2) is 9.65. The number of esters is 1. The zero-order valence-electron chi connectivity index (χ0n) is 16.9. The SMILES string of the molecule is Cc1ccc(C(=O)c2ccccc2C(=O)OCC(=O)N[C@H](C)c2ccccc2)cc1. The Kier molecular flexibility index (Phi) is 6.75. The number of rotatable bonds is 7. The van der Waals surface area contributed by atoms with E-state index in [1.54, 1.807) is 30.3 Å². The molecule has 152 valence electrons. The van der Waals surface area contributed by atoms with Gasteiger partial charge in [-0.1, -0.05) is 78.4 Å². The highest BCUT2D eigenvalue weighted by Crippen LogP contribution is 2.17. The molecule has 0 fully saturated rings. The van der Waals surface area contributed by atoms with Crippen LogP contribution in [0, 0.1) is 6.92 Å². The molecular weight excluding hydrogens is 378 g/mol. The molecule has 0 aliphatic heterocycles. The number of ketones is 1. The Morgan fingerprint density at radius 3 is 2.10 bits per heavy atom. The fourth-order valence-corrected chi connectivity index (χ4v) is 3.04. The van der Waals surface area contributed by atoms with E-state index < -0.39 is 18.5 Å². The van der Waals surface area contributed by atoms with Crippen LogP contribution in [0.5, 0.6) is 0 Å². The molecule has 1 atom stereocenters. The van der Waals surface area contributed by atoms with Gasteiger partial charge in [-0.15, -0.1) is 0 Å². The zero-order chi connectivity index (χ0) is 21.5. The maximum absolute atomic E-state index is 12.8. The van der Waals surface area contributed by atoms with Crippen molar-refractivity contribution in [1.82, 2.24) is 5.32 Å². The number of nitrogens with one attached hydrogen (secondary N) is 1. The fraction of sp³-hybridized carbons (Fsp3) is 0.160. The molecule has 0 aliphatic rings. The van der Waals surface area contributed by atoms with Crippen LogP contribution in [0.25, 0.3) is 0 Å². The lowest BCUT2D eigenvalue weighted by molar-refractivity contribution is -0.124. The van der Waals surface area contributed by atoms with Crippen molar-refractivity contribution in [3.63, 3.8) is 0 Å². The van der Waals surface area contributed by atoms with Gasteiger partial charge in [0.05, 0.1) is 11.6 Å². The number of benzene rings is 3. The smallest absolute Gasteiger partial charge is 0.339 e. The molecule has 1 amide bonds. The molecule has 5 nitrogen and oxygen atoms in total. The minimum absolute atomic E-state index is 0.131. The summed E-state index contributed by atoms with van der Waals surface area (Å²) < 4.78 is 5.17. The molecule has 3 aromatic carbocycles. The van der Waals surface area contributed by atoms with Crippen LogP contribution >= 0.6 is 0 Å². The molecule has 0 spiro atoms. The van der Waals surface area contributed by atoms with Gasteiger partial charge in [-0.05, 0) is 25.5 Å². The molecule has 3 aromatic rings. The fourth-order valence-electron chi connectivity index (χ4n) is 3.04. The molecule has 0 bridgehead atoms. The van der Waals surface area contributed by atoms with Crippen LogP contribution in [-0.4, -0.2) is 24.3 Å². The van der Waals surface area contributed by atoms with Crippen LogP contribution in [0.4, 0.5) is 0 Å². The maximum atomic E-state index is 12.8. The predicted octanol–water partition coefficient (Wildman–Crippen LogP) is 4.26. The van der Waals surface area contributed by atoms with Gasteiger partial charge in [-0.25, -0.2) is 4.79 Å². The van der Waals surface area contributed by atoms with Gasteiger partial charge < -0.3 is 10.1 Å². The van der Waals surface area contributed by atoms with Crippen molar-refractivity contribution in [3.05, 3.63) is 107 Å². The maximum Gasteiger partial charge on any atom is 0.339 e. The minimum atomic E-state index is -0.714. The van der Waals surface area contributed by atoms with Crippen LogP contribution in [-0.2, 0) is 9.53 Å². The van der Waals surface area contributed by atoms with E-state index in [9.17, 15) is 14.4 Å². The first-order chi connectivity index (χ1) is 14.5. The van der Waals surface area contributed by atoms with Gasteiger partial charge in [-0.3, -0.25) is 9.59 Å². The average Bonchev–Trinajstić information content (AvgIpc) is 2.78. The first-order valence-electron chi connectivity index (χ1n) is 9.67. The highest BCUT2D eigenvalue weighted by molar-refractivity contribution is 6.14. The molecular formula is C25H23NO4. The second-order valence-corrected chi connectivity index (χ2v) is 7.02. The third-order valence-electron chi connectivity index (χ3n) is 4.72. The summed E-state index contributed by atoms with van der Waals surface area (Å²) in [5.74, 6) is -1.40. The topological polar surface area (TPSA) is 72.5 Å². The summed E-state index contributed by atoms with van der Waals surface area (Å²) in [6.07, 6.45) is 0. The summed E-state index contributed by atoms with van der Waals surface area (Å²) in [5, 5.41) is 2.79. The standard InChI is InChI=1S/C25H23NO4/c1-17-12-14-20(15-13-17)24(28)21-10-6-7-11-22(21)25(29)30-16-23(27)26-18(2)19-8-4-3-5-9-19/h3-15,18H,16H2,1-2H3,(H,26,27)/t18-/m1/s1. The predicted molar refractivity (Wildman–Crippen MR) is 114 cm³/mol. The normalized spacial score (nSPS) is 11.4. The van der Waals surface area contributed by atoms with Gasteiger partial charge in [0.1, 0.15) is 0 Å². The Labute approximate surface area is 175 Å². The molecule has 5 heteroatoms. The van der Waals surface area contributed by atoms with Gasteiger partial charge >= 0.3 is 5.97 Å². The number of hydrogen-bond acceptors (Lipinski definition) is 4. The van der Waals surface area contributed by atoms with E-state index in [-0.39, 0.29) is 23.0 Å². The molecule has 0 aromatic heterocycles. The largest absolute Gasteiger partial charge is 0.452 e. The summed E-state index contributed by atoms with van der Waals surface area (Å²) in [5.41, 5.74) is 2.84. The van der Waals surface area contributed by atoms with Gasteiger partial charge in [0.25, 0.3) is 5.91 Å². The quantitative estimate of drug-likeness (QED) is 0.474. The summed E-state index contributed by atoms with van der Waals surface area (Å²) in [6, 6.07) is 22.8. The number of ether oxygens (including phenoxy) is 1. The minimum Gasteiger partial charge on any atom is -0.452 e. The van der Waals surface area contributed by atoms with Crippen molar-refractivity contribution in [2.24, 2.45) is 0 Å². The van der Waals surface area contributed by atoms with E-state index in [0.29, 0.717) is 5.56 Å². The number of carbonyl (C=O) groups is 3. The number of hydrogen-bond donors (Lipinski definition) is 1. The van der Waals surface area contributed by atoms with Crippen molar-refractivity contribution in [3.8, 4) is 0 Å². The highest BCUT2D eigenvalue weighted by atomic mass is 16.5. The monoisotopic (exact) mass is 401 g/mol. The molecule has 3 rings (SSSR count). The van der Waals surface area contributed by atoms with Crippen LogP contribution in [0.2, 0.25) is 0 Å². The van der Waals surface area contributed by atoms with Crippen LogP contribution < -0.4 is 5.32 Å². The van der Waals surface area contributed by atoms with E-state index in [2.05, 4.69) is 5.32 Å². The Balaban J connectivity index is 1.65. The Morgan fingerprint density at radius 2 is 1.43 bits per heavy atom. The third kappa shape index (κ3) is 5.20. The lowest BCUT2D eigenvalue weighted by atomic mass is 9.98. The Bertz CT molecular complexity index is 1040. The van der Waals surface area contributed by atoms with Gasteiger partial charge in [0.2, 0.25) is 0 Å². The Hall–Kier alpha value is -3.73. The van der Waals surface area contributed by atoms with E-state index in [1.807, 2.05) is 56.3 Å². The van der Waals surface area contributed by atoms with E-state index in [4.69, 9.17) is 4.74 Å². The van der Waals surface area contributed by atoms with Crippen molar-refractivity contribution in [2.75, 3.05) is 6.61 Å². The molecule has 1 N–H and O–H groups in total. The van der Waals surface area contributed by atoms with Crippen molar-refractivity contribution in [2.45, 2.75) is 19.9 Å². The van der Waals surface area contributed by atoms with E-state index in [0.717, 1.165) is 11.1 Å². The molecule has 0 saturated carbocycles. The van der Waals surface area contributed by atoms with Crippen LogP contribution in [0.1, 0.15) is 50.4 Å². The number of amides is 1. The number of carbonyl (C=O) groups excluding carboxylic acids is 3. The van der Waals surface area contributed by atoms with Crippen molar-refractivity contribution >= 4 is 17.7 Å². The molecule has 0 saturated heterocycles. The van der Waals surface area contributed by atoms with E-state index >= 15 is 0 Å². The third-order valence-corrected chi connectivity index (χ3v) is 4.72. The summed E-state index contributed by atoms with van der Waals surface area (Å²) in [6.45, 7) is 3.36. The summed E-state index contributed by atoms with van der Waals surface area (Å²) in [4.78, 5) is 37.6. The summed E-state index contributed by atoms with van der Waals surface area (Å²) >= 11 is 0. The van der Waals surface area contributed by atoms with Gasteiger partial charge in [0.15, 0.2) is 12.4 Å². The van der Waals surface area contributed by atoms with Crippen molar-refractivity contribution in [1.29, 1.82) is 0 Å². The zero-order valence-corrected chi connectivity index (χ0v) is 16.9. The lowest BCUT2D eigenvalue weighted by Gasteiger charge is -2.14. The first kappa shape index (κ1) is 21.0. The Morgan fingerprint density at radius 1 is 0.833 bits per heavy atom. The lowest BCUT2D eigenvalue weighted by Crippen LogP contribution is -2.31. The van der Waals surface area contributed by atoms with Gasteiger partial charge in [0, 0.05) is 11.1 Å². The molecule has 0 aliphatic carbocycles. The highest BCUT2D eigenvalue weighted by Gasteiger charge is 2.20. The molecule has 30 heavy (non-hydrogen) atoms. The summed E-state index contributed by atoms with van der Waals surface area (Å²) in [7, 11) is 0. The van der Waals surface area contributed by atoms with Crippen molar-refractivity contribution < 1.29 is 19.1 Å². The van der Waals surface area contributed by atoms with Crippen LogP contribution in [0.3, 0.4) is 0 Å².